The summed E-state index contributed by atoms with van der Waals surface area (Å²) in [4.78, 5) is 0. The summed E-state index contributed by atoms with van der Waals surface area (Å²) in [5.74, 6) is -6.89. The number of benzene rings is 3. The number of halogens is 8. The van der Waals surface area contributed by atoms with Crippen molar-refractivity contribution in [2.24, 2.45) is 0 Å². The molecule has 4 rings (SSSR count). The number of alkyl halides is 3. The van der Waals surface area contributed by atoms with E-state index in [1.165, 1.54) is 12.1 Å². The second kappa shape index (κ2) is 9.51. The van der Waals surface area contributed by atoms with Crippen LogP contribution in [-0.2, 0) is 19.3 Å². The molecule has 3 aromatic carbocycles. The highest BCUT2D eigenvalue weighted by atomic mass is 19.4. The van der Waals surface area contributed by atoms with Crippen molar-refractivity contribution in [1.82, 2.24) is 0 Å². The van der Waals surface area contributed by atoms with E-state index in [1.54, 1.807) is 0 Å². The van der Waals surface area contributed by atoms with E-state index < -0.39 is 52.7 Å². The molecule has 1 unspecified atom stereocenters. The largest absolute Gasteiger partial charge is 0.573 e. The van der Waals surface area contributed by atoms with Crippen LogP contribution >= 0.6 is 0 Å². The second-order valence-corrected chi connectivity index (χ2v) is 8.51. The third-order valence-corrected chi connectivity index (χ3v) is 6.18. The number of hydrogen-bond acceptors (Lipinski definition) is 1. The molecule has 0 spiro atoms. The van der Waals surface area contributed by atoms with Crippen molar-refractivity contribution >= 4 is 0 Å². The highest BCUT2D eigenvalue weighted by molar-refractivity contribution is 5.68. The van der Waals surface area contributed by atoms with E-state index in [2.05, 4.69) is 4.74 Å². The van der Waals surface area contributed by atoms with Crippen LogP contribution in [0.5, 0.6) is 5.75 Å². The summed E-state index contributed by atoms with van der Waals surface area (Å²) in [6, 6.07) is 6.16. The Morgan fingerprint density at radius 1 is 0.857 bits per heavy atom. The zero-order valence-corrected chi connectivity index (χ0v) is 18.5. The van der Waals surface area contributed by atoms with E-state index in [0.29, 0.717) is 18.4 Å². The third kappa shape index (κ3) is 4.99. The maximum atomic E-state index is 15.3. The predicted molar refractivity (Wildman–Crippen MR) is 114 cm³/mol. The van der Waals surface area contributed by atoms with Gasteiger partial charge in [-0.3, -0.25) is 0 Å². The lowest BCUT2D eigenvalue weighted by atomic mass is 9.78. The van der Waals surface area contributed by atoms with Crippen molar-refractivity contribution in [3.63, 3.8) is 0 Å². The average Bonchev–Trinajstić information content (AvgIpc) is 2.77. The van der Waals surface area contributed by atoms with Gasteiger partial charge < -0.3 is 4.74 Å². The molecule has 3 aromatic rings. The van der Waals surface area contributed by atoms with Crippen molar-refractivity contribution < 1.29 is 39.9 Å². The molecule has 0 bridgehead atoms. The van der Waals surface area contributed by atoms with E-state index in [9.17, 15) is 26.3 Å². The van der Waals surface area contributed by atoms with Crippen molar-refractivity contribution in [2.45, 2.75) is 51.3 Å². The lowest BCUT2D eigenvalue weighted by Gasteiger charge is -2.28. The number of fused-ring (bicyclic) bond motifs is 1. The van der Waals surface area contributed by atoms with Crippen LogP contribution in [0.15, 0.2) is 36.4 Å². The molecular formula is C26H20F8O. The first kappa shape index (κ1) is 25.0. The van der Waals surface area contributed by atoms with Crippen LogP contribution in [0.25, 0.3) is 11.1 Å². The summed E-state index contributed by atoms with van der Waals surface area (Å²) in [6.07, 6.45) is -4.05. The zero-order chi connectivity index (χ0) is 25.5. The van der Waals surface area contributed by atoms with Gasteiger partial charge in [-0.15, -0.1) is 13.2 Å². The van der Waals surface area contributed by atoms with Crippen LogP contribution in [0.3, 0.4) is 0 Å². The molecule has 35 heavy (non-hydrogen) atoms. The summed E-state index contributed by atoms with van der Waals surface area (Å²) in [5, 5.41) is 0. The van der Waals surface area contributed by atoms with Gasteiger partial charge in [0.2, 0.25) is 0 Å². The van der Waals surface area contributed by atoms with Gasteiger partial charge in [-0.05, 0) is 78.1 Å². The summed E-state index contributed by atoms with van der Waals surface area (Å²) < 4.78 is 116. The van der Waals surface area contributed by atoms with Crippen molar-refractivity contribution in [1.29, 1.82) is 0 Å². The van der Waals surface area contributed by atoms with Crippen molar-refractivity contribution in [3.8, 4) is 16.9 Å². The van der Waals surface area contributed by atoms with E-state index >= 15 is 8.78 Å². The summed E-state index contributed by atoms with van der Waals surface area (Å²) in [7, 11) is 0. The summed E-state index contributed by atoms with van der Waals surface area (Å²) >= 11 is 0. The Kier molecular flexibility index (Phi) is 6.79. The van der Waals surface area contributed by atoms with Gasteiger partial charge in [-0.25, -0.2) is 22.0 Å². The Labute approximate surface area is 196 Å². The Bertz CT molecular complexity index is 1220. The molecule has 0 amide bonds. The lowest BCUT2D eigenvalue weighted by molar-refractivity contribution is -0.274. The smallest absolute Gasteiger partial charge is 0.406 e. The van der Waals surface area contributed by atoms with Crippen LogP contribution < -0.4 is 4.74 Å². The first-order chi connectivity index (χ1) is 16.5. The highest BCUT2D eigenvalue weighted by Gasteiger charge is 2.34. The van der Waals surface area contributed by atoms with Gasteiger partial charge in [0.15, 0.2) is 11.6 Å². The molecule has 186 valence electrons. The van der Waals surface area contributed by atoms with Gasteiger partial charge in [0.05, 0.1) is 5.56 Å². The van der Waals surface area contributed by atoms with Gasteiger partial charge in [-0.2, -0.15) is 0 Å². The van der Waals surface area contributed by atoms with E-state index in [4.69, 9.17) is 0 Å². The normalized spacial score (nSPS) is 15.7. The lowest BCUT2D eigenvalue weighted by Crippen LogP contribution is -2.20. The quantitative estimate of drug-likeness (QED) is 0.254. The van der Waals surface area contributed by atoms with Crippen molar-refractivity contribution in [3.05, 3.63) is 87.7 Å². The van der Waals surface area contributed by atoms with Crippen molar-refractivity contribution in [2.75, 3.05) is 0 Å². The fourth-order valence-electron chi connectivity index (χ4n) is 4.68. The Morgan fingerprint density at radius 2 is 1.49 bits per heavy atom. The molecule has 0 heterocycles. The van der Waals surface area contributed by atoms with Gasteiger partial charge in [-0.1, -0.05) is 25.5 Å². The van der Waals surface area contributed by atoms with Crippen LogP contribution in [0.4, 0.5) is 35.1 Å². The van der Waals surface area contributed by atoms with Gasteiger partial charge in [0.25, 0.3) is 0 Å². The van der Waals surface area contributed by atoms with Crippen LogP contribution in [0, 0.1) is 29.1 Å². The van der Waals surface area contributed by atoms with Crippen LogP contribution in [0.1, 0.15) is 47.9 Å². The molecule has 0 aliphatic heterocycles. The summed E-state index contributed by atoms with van der Waals surface area (Å²) in [6.45, 7) is 1.87. The second-order valence-electron chi connectivity index (χ2n) is 8.51. The van der Waals surface area contributed by atoms with Gasteiger partial charge >= 0.3 is 6.36 Å². The van der Waals surface area contributed by atoms with Crippen LogP contribution in [0.2, 0.25) is 0 Å². The van der Waals surface area contributed by atoms with E-state index in [1.807, 2.05) is 6.92 Å². The molecular weight excluding hydrogens is 480 g/mol. The molecule has 0 radical (unpaired) electrons. The molecule has 9 heteroatoms. The molecule has 1 atom stereocenters. The molecule has 1 aliphatic carbocycles. The molecule has 1 aliphatic rings. The van der Waals surface area contributed by atoms with E-state index in [0.717, 1.165) is 24.3 Å². The number of ether oxygens (including phenoxy) is 1. The molecule has 0 fully saturated rings. The fraction of sp³-hybridized carbons (Fsp3) is 0.308. The minimum absolute atomic E-state index is 0.0963. The molecule has 0 aromatic heterocycles. The summed E-state index contributed by atoms with van der Waals surface area (Å²) in [5.41, 5.74) is -1.06. The standard InChI is InChI=1S/C26H20F8O/c1-2-3-13-10-19(27)21(20(28)11-13)15-6-9-17-18(12-15)24(30)25(31)22(23(17)29)14-4-7-16(8-5-14)35-26(32,33)34/h4-5,7-8,10-11,15H,2-3,6,9,12H2,1H3. The maximum absolute atomic E-state index is 15.3. The molecule has 0 saturated carbocycles. The predicted octanol–water partition coefficient (Wildman–Crippen LogP) is 8.17. The molecule has 0 saturated heterocycles. The first-order valence-electron chi connectivity index (χ1n) is 11.0. The van der Waals surface area contributed by atoms with Gasteiger partial charge in [0.1, 0.15) is 23.2 Å². The fourth-order valence-corrected chi connectivity index (χ4v) is 4.68. The number of rotatable bonds is 5. The first-order valence-corrected chi connectivity index (χ1v) is 11.0. The maximum Gasteiger partial charge on any atom is 0.573 e. The highest BCUT2D eigenvalue weighted by Crippen LogP contribution is 2.42. The topological polar surface area (TPSA) is 9.23 Å². The number of hydrogen-bond donors (Lipinski definition) is 0. The third-order valence-electron chi connectivity index (χ3n) is 6.18. The van der Waals surface area contributed by atoms with E-state index in [-0.39, 0.29) is 41.5 Å². The SMILES string of the molecule is CCCc1cc(F)c(C2CCc3c(F)c(-c4ccc(OC(F)(F)F)cc4)c(F)c(F)c3C2)c(F)c1. The monoisotopic (exact) mass is 500 g/mol. The minimum atomic E-state index is -4.94. The van der Waals surface area contributed by atoms with Gasteiger partial charge in [0, 0.05) is 5.56 Å². The Hall–Kier alpha value is -3.10. The van der Waals surface area contributed by atoms with Crippen LogP contribution in [-0.4, -0.2) is 6.36 Å². The number of aryl methyl sites for hydroxylation is 1. The zero-order valence-electron chi connectivity index (χ0n) is 18.5. The minimum Gasteiger partial charge on any atom is -0.406 e. The molecule has 1 nitrogen and oxygen atoms in total. The Morgan fingerprint density at radius 3 is 2.06 bits per heavy atom. The average molecular weight is 500 g/mol. The Balaban J connectivity index is 1.69. The molecule has 0 N–H and O–H groups in total.